The molecule has 2 amide bonds. The number of hydrogen-bond donors (Lipinski definition) is 4. The number of halogens is 1. The molecule has 13 heteroatoms. The third kappa shape index (κ3) is 7.28. The predicted molar refractivity (Wildman–Crippen MR) is 146 cm³/mol. The van der Waals surface area contributed by atoms with Crippen LogP contribution in [0.5, 0.6) is 0 Å². The topological polar surface area (TPSA) is 136 Å². The molecule has 3 heterocycles. The zero-order chi connectivity index (χ0) is 26.4. The molecule has 2 aromatic heterocycles. The van der Waals surface area contributed by atoms with Gasteiger partial charge in [-0.05, 0) is 38.4 Å². The average molecular weight is 545 g/mol. The maximum atomic E-state index is 12.7. The van der Waals surface area contributed by atoms with Gasteiger partial charge in [-0.15, -0.1) is 0 Å². The zero-order valence-corrected chi connectivity index (χ0v) is 22.2. The van der Waals surface area contributed by atoms with Gasteiger partial charge < -0.3 is 26.0 Å². The van der Waals surface area contributed by atoms with Crippen LogP contribution < -0.4 is 20.9 Å². The lowest BCUT2D eigenvalue weighted by atomic mass is 10.2. The number of aromatic nitrogens is 3. The Bertz CT molecular complexity index is 1240. The Morgan fingerprint density at radius 2 is 1.95 bits per heavy atom. The van der Waals surface area contributed by atoms with Gasteiger partial charge in [-0.25, -0.2) is 19.7 Å². The first-order chi connectivity index (χ1) is 17.8. The highest BCUT2D eigenvalue weighted by Crippen LogP contribution is 2.28. The van der Waals surface area contributed by atoms with Crippen molar-refractivity contribution in [1.29, 1.82) is 0 Å². The molecule has 1 aliphatic heterocycles. The number of hydrogen-bond acceptors (Lipinski definition) is 9. The summed E-state index contributed by atoms with van der Waals surface area (Å²) in [6, 6.07) is 7.34. The van der Waals surface area contributed by atoms with Gasteiger partial charge >= 0.3 is 6.09 Å². The molecule has 37 heavy (non-hydrogen) atoms. The molecule has 0 atom stereocenters. The van der Waals surface area contributed by atoms with Crippen molar-refractivity contribution in [1.82, 2.24) is 25.2 Å². The van der Waals surface area contributed by atoms with Crippen LogP contribution in [0.3, 0.4) is 0 Å². The Morgan fingerprint density at radius 1 is 1.16 bits per heavy atom. The molecule has 0 spiro atoms. The first kappa shape index (κ1) is 26.6. The van der Waals surface area contributed by atoms with E-state index >= 15 is 0 Å². The number of para-hydroxylation sites is 1. The van der Waals surface area contributed by atoms with Crippen LogP contribution in [0.2, 0.25) is 5.02 Å². The summed E-state index contributed by atoms with van der Waals surface area (Å²) in [6.07, 6.45) is 1.31. The van der Waals surface area contributed by atoms with Crippen molar-refractivity contribution in [2.24, 2.45) is 0 Å². The third-order valence-corrected chi connectivity index (χ3v) is 7.10. The van der Waals surface area contributed by atoms with Gasteiger partial charge in [0.2, 0.25) is 0 Å². The van der Waals surface area contributed by atoms with Gasteiger partial charge in [0.1, 0.15) is 22.3 Å². The van der Waals surface area contributed by atoms with Gasteiger partial charge in [-0.2, -0.15) is 0 Å². The van der Waals surface area contributed by atoms with Crippen LogP contribution in [0, 0.1) is 13.8 Å². The fraction of sp³-hybridized carbons (Fsp3) is 0.375. The molecule has 4 rings (SSSR count). The van der Waals surface area contributed by atoms with Crippen LogP contribution in [0.4, 0.5) is 27.2 Å². The fourth-order valence-corrected chi connectivity index (χ4v) is 4.98. The highest BCUT2D eigenvalue weighted by molar-refractivity contribution is 7.17. The van der Waals surface area contributed by atoms with E-state index in [1.165, 1.54) is 17.5 Å². The largest absolute Gasteiger partial charge is 0.465 e. The number of benzene rings is 1. The van der Waals surface area contributed by atoms with E-state index in [0.29, 0.717) is 38.9 Å². The molecule has 0 saturated carbocycles. The Kier molecular flexibility index (Phi) is 8.74. The zero-order valence-electron chi connectivity index (χ0n) is 20.6. The molecule has 4 N–H and O–H groups in total. The summed E-state index contributed by atoms with van der Waals surface area (Å²) in [6.45, 7) is 8.39. The smallest absolute Gasteiger partial charge is 0.404 e. The van der Waals surface area contributed by atoms with Crippen LogP contribution in [0.25, 0.3) is 0 Å². The van der Waals surface area contributed by atoms with E-state index in [0.717, 1.165) is 50.5 Å². The Morgan fingerprint density at radius 3 is 2.68 bits per heavy atom. The quantitative estimate of drug-likeness (QED) is 0.295. The van der Waals surface area contributed by atoms with Gasteiger partial charge in [0.15, 0.2) is 5.13 Å². The van der Waals surface area contributed by atoms with Crippen molar-refractivity contribution in [3.8, 4) is 0 Å². The monoisotopic (exact) mass is 544 g/mol. The third-order valence-electron chi connectivity index (χ3n) is 5.87. The standard InChI is InChI=1S/C24H29ClN8O3S/c1-15-5-3-6-17(25)21(15)31-22(34)18-14-27-23(37-18)30-19-13-20(29-16(2)28-19)33-11-9-32(10-12-33)8-4-7-26-24(35)36/h3,5-6,13-14,26H,4,7-12H2,1-2H3,(H,31,34)(H,35,36)(H,27,28,29,30). The van der Waals surface area contributed by atoms with Crippen molar-refractivity contribution >= 4 is 57.4 Å². The van der Waals surface area contributed by atoms with Crippen molar-refractivity contribution in [3.63, 3.8) is 0 Å². The molecule has 1 fully saturated rings. The molecule has 0 unspecified atom stereocenters. The van der Waals surface area contributed by atoms with Crippen LogP contribution >= 0.6 is 22.9 Å². The number of anilines is 4. The lowest BCUT2D eigenvalue weighted by molar-refractivity contribution is 0.103. The first-order valence-electron chi connectivity index (χ1n) is 11.9. The van der Waals surface area contributed by atoms with Gasteiger partial charge in [-0.3, -0.25) is 9.69 Å². The van der Waals surface area contributed by atoms with Crippen LogP contribution in [0.1, 0.15) is 27.5 Å². The van der Waals surface area contributed by atoms with Crippen LogP contribution in [0.15, 0.2) is 30.5 Å². The summed E-state index contributed by atoms with van der Waals surface area (Å²) < 4.78 is 0. The lowest BCUT2D eigenvalue weighted by Crippen LogP contribution is -2.47. The molecule has 11 nitrogen and oxygen atoms in total. The number of aryl methyl sites for hydroxylation is 2. The molecular weight excluding hydrogens is 516 g/mol. The Labute approximate surface area is 223 Å². The minimum Gasteiger partial charge on any atom is -0.465 e. The van der Waals surface area contributed by atoms with Gasteiger partial charge in [0.05, 0.1) is 16.9 Å². The number of carboxylic acid groups (broad SMARTS) is 1. The average Bonchev–Trinajstić information content (AvgIpc) is 3.32. The van der Waals surface area contributed by atoms with E-state index in [9.17, 15) is 9.59 Å². The minimum atomic E-state index is -0.988. The molecule has 3 aromatic rings. The van der Waals surface area contributed by atoms with Gasteiger partial charge in [0, 0.05) is 38.8 Å². The number of thiazole rings is 1. The van der Waals surface area contributed by atoms with E-state index in [-0.39, 0.29) is 5.91 Å². The van der Waals surface area contributed by atoms with E-state index in [2.05, 4.69) is 40.7 Å². The van der Waals surface area contributed by atoms with E-state index in [1.807, 2.05) is 32.0 Å². The normalized spacial score (nSPS) is 13.9. The number of nitrogens with one attached hydrogen (secondary N) is 3. The first-order valence-corrected chi connectivity index (χ1v) is 13.1. The number of nitrogens with zero attached hydrogens (tertiary/aromatic N) is 5. The number of carbonyl (C=O) groups excluding carboxylic acids is 1. The predicted octanol–water partition coefficient (Wildman–Crippen LogP) is 3.98. The minimum absolute atomic E-state index is 0.280. The van der Waals surface area contributed by atoms with Crippen LogP contribution in [-0.4, -0.2) is 76.2 Å². The second-order valence-corrected chi connectivity index (χ2v) is 10.1. The van der Waals surface area contributed by atoms with E-state index in [1.54, 1.807) is 6.07 Å². The highest BCUT2D eigenvalue weighted by Gasteiger charge is 2.19. The number of carbonyl (C=O) groups is 2. The maximum Gasteiger partial charge on any atom is 0.404 e. The summed E-state index contributed by atoms with van der Waals surface area (Å²) >= 11 is 7.46. The molecule has 196 valence electrons. The second kappa shape index (κ2) is 12.2. The van der Waals surface area contributed by atoms with Crippen molar-refractivity contribution < 1.29 is 14.7 Å². The van der Waals surface area contributed by atoms with Crippen molar-refractivity contribution in [3.05, 3.63) is 51.7 Å². The summed E-state index contributed by atoms with van der Waals surface area (Å²) in [5.41, 5.74) is 1.47. The maximum absolute atomic E-state index is 12.7. The Balaban J connectivity index is 1.34. The molecule has 1 aliphatic rings. The summed E-state index contributed by atoms with van der Waals surface area (Å²) in [5, 5.41) is 18.2. The van der Waals surface area contributed by atoms with Crippen molar-refractivity contribution in [2.45, 2.75) is 20.3 Å². The van der Waals surface area contributed by atoms with E-state index < -0.39 is 6.09 Å². The molecule has 0 bridgehead atoms. The SMILES string of the molecule is Cc1nc(Nc2ncc(C(=O)Nc3c(C)cccc3Cl)s2)cc(N2CCN(CCCNC(=O)O)CC2)n1. The lowest BCUT2D eigenvalue weighted by Gasteiger charge is -2.35. The molecule has 0 aliphatic carbocycles. The molecule has 0 radical (unpaired) electrons. The molecule has 1 saturated heterocycles. The molecular formula is C24H29ClN8O3S. The highest BCUT2D eigenvalue weighted by atomic mass is 35.5. The molecule has 1 aromatic carbocycles. The van der Waals surface area contributed by atoms with Gasteiger partial charge in [-0.1, -0.05) is 35.1 Å². The Hall–Kier alpha value is -3.48. The second-order valence-electron chi connectivity index (χ2n) is 8.61. The number of rotatable bonds is 9. The fourth-order valence-electron chi connectivity index (χ4n) is 3.99. The summed E-state index contributed by atoms with van der Waals surface area (Å²) in [7, 11) is 0. The summed E-state index contributed by atoms with van der Waals surface area (Å²) in [4.78, 5) is 41.7. The number of piperazine rings is 1. The van der Waals surface area contributed by atoms with Crippen molar-refractivity contribution in [2.75, 3.05) is 54.8 Å². The summed E-state index contributed by atoms with van der Waals surface area (Å²) in [5.74, 6) is 1.78. The van der Waals surface area contributed by atoms with E-state index in [4.69, 9.17) is 16.7 Å². The number of amides is 2. The van der Waals surface area contributed by atoms with Gasteiger partial charge in [0.25, 0.3) is 5.91 Å². The van der Waals surface area contributed by atoms with Crippen LogP contribution in [-0.2, 0) is 0 Å².